The van der Waals surface area contributed by atoms with Crippen molar-refractivity contribution in [2.45, 2.75) is 6.10 Å². The van der Waals surface area contributed by atoms with E-state index in [1.54, 1.807) is 18.3 Å². The van der Waals surface area contributed by atoms with Gasteiger partial charge in [0.1, 0.15) is 24.0 Å². The lowest BCUT2D eigenvalue weighted by molar-refractivity contribution is -0.0609. The summed E-state index contributed by atoms with van der Waals surface area (Å²) >= 11 is 11.3. The highest BCUT2D eigenvalue weighted by molar-refractivity contribution is 7.80. The standard InChI is InChI=1S/C17H16ClFN6O2S/c18-11-3-4-13(19)15(8-11)21-17(28)24-6-7-26-12(9-24)10-27-25-16-14(22-23-25)2-1-5-20-16/h1-5,8,12H,6-7,9-10H2,(H,21,28). The topological polar surface area (TPSA) is 77.3 Å². The first-order valence-electron chi connectivity index (χ1n) is 8.52. The van der Waals surface area contributed by atoms with Gasteiger partial charge >= 0.3 is 0 Å². The Morgan fingerprint density at radius 3 is 3.21 bits per heavy atom. The van der Waals surface area contributed by atoms with Gasteiger partial charge in [-0.15, -0.1) is 5.10 Å². The molecule has 146 valence electrons. The quantitative estimate of drug-likeness (QED) is 0.641. The van der Waals surface area contributed by atoms with Crippen molar-refractivity contribution in [2.75, 3.05) is 31.6 Å². The maximum atomic E-state index is 13.9. The average Bonchev–Trinajstić information content (AvgIpc) is 3.12. The Labute approximate surface area is 170 Å². The molecule has 1 aromatic carbocycles. The Bertz CT molecular complexity index is 1000. The minimum atomic E-state index is -0.426. The SMILES string of the molecule is Fc1ccc(Cl)cc1NC(=S)N1CCOC(COn2nnc3cccnc32)C1. The molecule has 2 aromatic heterocycles. The Kier molecular flexibility index (Phi) is 5.51. The smallest absolute Gasteiger partial charge is 0.219 e. The molecule has 1 fully saturated rings. The molecule has 0 amide bonds. The first kappa shape index (κ1) is 18.8. The van der Waals surface area contributed by atoms with Gasteiger partial charge in [-0.1, -0.05) is 16.4 Å². The summed E-state index contributed by atoms with van der Waals surface area (Å²) in [6.45, 7) is 1.76. The van der Waals surface area contributed by atoms with Crippen molar-refractivity contribution in [3.8, 4) is 0 Å². The fraction of sp³-hybridized carbons (Fsp3) is 0.294. The van der Waals surface area contributed by atoms with E-state index in [9.17, 15) is 4.39 Å². The molecule has 1 saturated heterocycles. The summed E-state index contributed by atoms with van der Waals surface area (Å²) in [6, 6.07) is 7.84. The Morgan fingerprint density at radius 1 is 1.43 bits per heavy atom. The number of nitrogens with zero attached hydrogens (tertiary/aromatic N) is 5. The molecular formula is C17H16ClFN6O2S. The second kappa shape index (κ2) is 8.21. The van der Waals surface area contributed by atoms with E-state index in [1.807, 2.05) is 4.90 Å². The number of aromatic nitrogens is 4. The number of pyridine rings is 1. The zero-order chi connectivity index (χ0) is 19.5. The van der Waals surface area contributed by atoms with E-state index in [-0.39, 0.29) is 18.4 Å². The van der Waals surface area contributed by atoms with E-state index >= 15 is 0 Å². The third-order valence-electron chi connectivity index (χ3n) is 4.16. The predicted octanol–water partition coefficient (Wildman–Crippen LogP) is 2.15. The van der Waals surface area contributed by atoms with Crippen LogP contribution in [0.1, 0.15) is 0 Å². The van der Waals surface area contributed by atoms with Crippen LogP contribution in [0.25, 0.3) is 11.2 Å². The molecule has 0 bridgehead atoms. The van der Waals surface area contributed by atoms with Gasteiger partial charge in [0.15, 0.2) is 5.11 Å². The molecule has 1 aliphatic heterocycles. The largest absolute Gasteiger partial charge is 0.391 e. The number of nitrogens with one attached hydrogen (secondary N) is 1. The fourth-order valence-electron chi connectivity index (χ4n) is 2.78. The van der Waals surface area contributed by atoms with Gasteiger partial charge in [-0.05, 0) is 47.8 Å². The average molecular weight is 423 g/mol. The number of rotatable bonds is 4. The first-order chi connectivity index (χ1) is 13.6. The molecule has 11 heteroatoms. The fourth-order valence-corrected chi connectivity index (χ4v) is 3.23. The molecule has 1 atom stereocenters. The van der Waals surface area contributed by atoms with Crippen LogP contribution in [0.5, 0.6) is 0 Å². The number of morpholine rings is 1. The number of thiocarbonyl (C=S) groups is 1. The van der Waals surface area contributed by atoms with E-state index in [0.29, 0.717) is 41.0 Å². The van der Waals surface area contributed by atoms with Crippen LogP contribution < -0.4 is 10.2 Å². The van der Waals surface area contributed by atoms with Crippen LogP contribution in [0.2, 0.25) is 5.02 Å². The number of hydrogen-bond donors (Lipinski definition) is 1. The Morgan fingerprint density at radius 2 is 2.32 bits per heavy atom. The van der Waals surface area contributed by atoms with E-state index in [4.69, 9.17) is 33.4 Å². The lowest BCUT2D eigenvalue weighted by Crippen LogP contribution is -2.49. The first-order valence-corrected chi connectivity index (χ1v) is 9.31. The number of hydrogen-bond acceptors (Lipinski definition) is 6. The third-order valence-corrected chi connectivity index (χ3v) is 4.76. The van der Waals surface area contributed by atoms with Crippen molar-refractivity contribution >= 4 is 45.8 Å². The zero-order valence-electron chi connectivity index (χ0n) is 14.6. The van der Waals surface area contributed by atoms with Crippen LogP contribution >= 0.6 is 23.8 Å². The molecule has 0 spiro atoms. The maximum Gasteiger partial charge on any atom is 0.219 e. The van der Waals surface area contributed by atoms with Crippen LogP contribution in [0.4, 0.5) is 10.1 Å². The summed E-state index contributed by atoms with van der Waals surface area (Å²) in [4.78, 5) is 13.0. The molecule has 1 unspecified atom stereocenters. The third kappa shape index (κ3) is 4.13. The molecule has 1 N–H and O–H groups in total. The number of fused-ring (bicyclic) bond motifs is 1. The summed E-state index contributed by atoms with van der Waals surface area (Å²) in [7, 11) is 0. The van der Waals surface area contributed by atoms with Crippen LogP contribution in [-0.2, 0) is 4.74 Å². The lowest BCUT2D eigenvalue weighted by atomic mass is 10.3. The van der Waals surface area contributed by atoms with Gasteiger partial charge in [-0.2, -0.15) is 0 Å². The van der Waals surface area contributed by atoms with Crippen molar-refractivity contribution in [2.24, 2.45) is 0 Å². The summed E-state index contributed by atoms with van der Waals surface area (Å²) in [6.07, 6.45) is 1.39. The van der Waals surface area contributed by atoms with E-state index in [2.05, 4.69) is 20.6 Å². The number of ether oxygens (including phenoxy) is 1. The summed E-state index contributed by atoms with van der Waals surface area (Å²) in [5.41, 5.74) is 1.41. The second-order valence-corrected chi connectivity index (χ2v) is 6.92. The molecule has 0 saturated carbocycles. The maximum absolute atomic E-state index is 13.9. The van der Waals surface area contributed by atoms with Gasteiger partial charge in [0.25, 0.3) is 0 Å². The predicted molar refractivity (Wildman–Crippen MR) is 106 cm³/mol. The molecule has 3 aromatic rings. The van der Waals surface area contributed by atoms with Crippen LogP contribution in [0.3, 0.4) is 0 Å². The highest BCUT2D eigenvalue weighted by Crippen LogP contribution is 2.20. The number of benzene rings is 1. The minimum Gasteiger partial charge on any atom is -0.391 e. The second-order valence-electron chi connectivity index (χ2n) is 6.10. The van der Waals surface area contributed by atoms with Crippen molar-refractivity contribution in [1.82, 2.24) is 25.0 Å². The Hall–Kier alpha value is -2.56. The summed E-state index contributed by atoms with van der Waals surface area (Å²) in [5, 5.41) is 11.6. The molecular weight excluding hydrogens is 407 g/mol. The lowest BCUT2D eigenvalue weighted by Gasteiger charge is -2.34. The molecule has 3 heterocycles. The molecule has 0 aliphatic carbocycles. The molecule has 8 nitrogen and oxygen atoms in total. The zero-order valence-corrected chi connectivity index (χ0v) is 16.2. The Balaban J connectivity index is 1.36. The minimum absolute atomic E-state index is 0.233. The van der Waals surface area contributed by atoms with Crippen LogP contribution in [0, 0.1) is 5.82 Å². The summed E-state index contributed by atoms with van der Waals surface area (Å²) < 4.78 is 19.6. The van der Waals surface area contributed by atoms with Gasteiger partial charge < -0.3 is 19.8 Å². The van der Waals surface area contributed by atoms with Crippen LogP contribution in [0.15, 0.2) is 36.5 Å². The van der Waals surface area contributed by atoms with Crippen molar-refractivity contribution in [3.05, 3.63) is 47.4 Å². The number of anilines is 1. The van der Waals surface area contributed by atoms with E-state index in [1.165, 1.54) is 23.0 Å². The molecule has 4 rings (SSSR count). The van der Waals surface area contributed by atoms with Gasteiger partial charge in [-0.3, -0.25) is 0 Å². The van der Waals surface area contributed by atoms with Gasteiger partial charge in [0, 0.05) is 24.3 Å². The van der Waals surface area contributed by atoms with Crippen molar-refractivity contribution < 1.29 is 14.0 Å². The van der Waals surface area contributed by atoms with Gasteiger partial charge in [-0.25, -0.2) is 9.37 Å². The molecule has 1 aliphatic rings. The molecule has 0 radical (unpaired) electrons. The molecule has 28 heavy (non-hydrogen) atoms. The monoisotopic (exact) mass is 422 g/mol. The van der Waals surface area contributed by atoms with Gasteiger partial charge in [0.05, 0.1) is 12.3 Å². The normalized spacial score (nSPS) is 16.9. The van der Waals surface area contributed by atoms with Gasteiger partial charge in [0.2, 0.25) is 5.65 Å². The van der Waals surface area contributed by atoms with E-state index in [0.717, 1.165) is 0 Å². The highest BCUT2D eigenvalue weighted by Gasteiger charge is 2.24. The highest BCUT2D eigenvalue weighted by atomic mass is 35.5. The number of halogens is 2. The van der Waals surface area contributed by atoms with Crippen LogP contribution in [-0.4, -0.2) is 62.6 Å². The van der Waals surface area contributed by atoms with E-state index < -0.39 is 5.82 Å². The summed E-state index contributed by atoms with van der Waals surface area (Å²) in [5.74, 6) is -0.426. The van der Waals surface area contributed by atoms with Crippen molar-refractivity contribution in [3.63, 3.8) is 0 Å². The van der Waals surface area contributed by atoms with Crippen molar-refractivity contribution in [1.29, 1.82) is 0 Å².